The third-order valence-corrected chi connectivity index (χ3v) is 0.594. The topological polar surface area (TPSA) is 80.9 Å². The van der Waals surface area contributed by atoms with Crippen molar-refractivity contribution in [3.8, 4) is 6.26 Å². The van der Waals surface area contributed by atoms with Crippen molar-refractivity contribution < 1.29 is 19.0 Å². The molecule has 6 heteroatoms. The molecular formula is C7H14N2O4. The van der Waals surface area contributed by atoms with Crippen molar-refractivity contribution in [2.75, 3.05) is 20.3 Å². The van der Waals surface area contributed by atoms with Gasteiger partial charge in [0.15, 0.2) is 13.5 Å². The highest BCUT2D eigenvalue weighted by atomic mass is 16.7. The van der Waals surface area contributed by atoms with Crippen LogP contribution in [-0.2, 0) is 19.0 Å². The number of nitriles is 1. The fourth-order valence-electron chi connectivity index (χ4n) is 0.270. The second-order valence-corrected chi connectivity index (χ2v) is 1.26. The molecule has 13 heavy (non-hydrogen) atoms. The van der Waals surface area contributed by atoms with Crippen molar-refractivity contribution in [3.63, 3.8) is 0 Å². The monoisotopic (exact) mass is 190 g/mol. The van der Waals surface area contributed by atoms with E-state index in [0.717, 1.165) is 0 Å². The average molecular weight is 190 g/mol. The second-order valence-electron chi connectivity index (χ2n) is 1.26. The van der Waals surface area contributed by atoms with Crippen LogP contribution in [0.1, 0.15) is 14.9 Å². The Morgan fingerprint density at radius 3 is 2.46 bits per heavy atom. The van der Waals surface area contributed by atoms with Gasteiger partial charge in [0.25, 0.3) is 6.26 Å². The molecule has 0 rings (SSSR count). The molecule has 0 amide bonds. The van der Waals surface area contributed by atoms with Gasteiger partial charge in [0.2, 0.25) is 12.9 Å². The molecule has 0 aromatic rings. The molecule has 0 bridgehead atoms. The van der Waals surface area contributed by atoms with Crippen LogP contribution in [-0.4, -0.2) is 26.4 Å². The van der Waals surface area contributed by atoms with Crippen molar-refractivity contribution in [1.82, 2.24) is 0 Å². The normalized spacial score (nSPS) is 6.69. The van der Waals surface area contributed by atoms with Crippen LogP contribution < -0.4 is 0 Å². The van der Waals surface area contributed by atoms with Crippen LogP contribution >= 0.6 is 0 Å². The fourth-order valence-corrected chi connectivity index (χ4v) is 0.270. The zero-order chi connectivity index (χ0) is 8.36. The first-order chi connectivity index (χ1) is 5.41. The minimum Gasteiger partial charge on any atom is -0.398 e. The Hall–Kier alpha value is -1.41. The Morgan fingerprint density at radius 2 is 1.92 bits per heavy atom. The third kappa shape index (κ3) is 18.0. The van der Waals surface area contributed by atoms with Gasteiger partial charge in [0.05, 0.1) is 0 Å². The summed E-state index contributed by atoms with van der Waals surface area (Å²) in [6.07, 6.45) is 2.68. The lowest BCUT2D eigenvalue weighted by molar-refractivity contribution is -0.106. The first-order valence-corrected chi connectivity index (χ1v) is 2.62. The predicted molar refractivity (Wildman–Crippen MR) is 45.1 cm³/mol. The van der Waals surface area contributed by atoms with Crippen LogP contribution in [0.15, 0.2) is 4.99 Å². The van der Waals surface area contributed by atoms with E-state index in [2.05, 4.69) is 19.2 Å². The molecule has 0 atom stereocenters. The van der Waals surface area contributed by atoms with Gasteiger partial charge >= 0.3 is 0 Å². The number of hydrogen-bond acceptors (Lipinski definition) is 6. The van der Waals surface area contributed by atoms with Gasteiger partial charge in [-0.2, -0.15) is 10.3 Å². The van der Waals surface area contributed by atoms with Gasteiger partial charge in [-0.25, -0.2) is 4.79 Å². The van der Waals surface area contributed by atoms with E-state index in [1.165, 1.54) is 12.3 Å². The number of ether oxygens (including phenoxy) is 3. The second kappa shape index (κ2) is 16.9. The number of rotatable bonds is 6. The van der Waals surface area contributed by atoms with Gasteiger partial charge in [-0.1, -0.05) is 14.9 Å². The molecule has 0 radical (unpaired) electrons. The molecule has 0 aromatic heterocycles. The van der Waals surface area contributed by atoms with Crippen LogP contribution in [0.3, 0.4) is 0 Å². The minimum atomic E-state index is -0.165. The Kier molecular flexibility index (Phi) is 22.9. The number of hydrogen-bond donors (Lipinski definition) is 0. The largest absolute Gasteiger partial charge is 0.398 e. The van der Waals surface area contributed by atoms with Crippen molar-refractivity contribution in [3.05, 3.63) is 0 Å². The molecule has 0 saturated heterocycles. The van der Waals surface area contributed by atoms with Crippen molar-refractivity contribution in [2.24, 2.45) is 4.99 Å². The van der Waals surface area contributed by atoms with E-state index in [9.17, 15) is 4.79 Å². The first-order valence-electron chi connectivity index (χ1n) is 2.62. The molecule has 6 nitrogen and oxygen atoms in total. The number of isocyanates is 1. The van der Waals surface area contributed by atoms with Gasteiger partial charge in [0.1, 0.15) is 0 Å². The molecule has 0 unspecified atom stereocenters. The van der Waals surface area contributed by atoms with E-state index >= 15 is 0 Å². The van der Waals surface area contributed by atoms with Crippen LogP contribution in [0.2, 0.25) is 0 Å². The van der Waals surface area contributed by atoms with Gasteiger partial charge in [0, 0.05) is 0 Å². The molecular weight excluding hydrogens is 176 g/mol. The zero-order valence-corrected chi connectivity index (χ0v) is 5.65. The summed E-state index contributed by atoms with van der Waals surface area (Å²) in [6, 6.07) is 0. The lowest BCUT2D eigenvalue weighted by atomic mass is 11.2. The summed E-state index contributed by atoms with van der Waals surface area (Å²) >= 11 is 0. The highest BCUT2D eigenvalue weighted by Gasteiger charge is 1.84. The summed E-state index contributed by atoms with van der Waals surface area (Å²) in [5.41, 5.74) is 0. The third-order valence-electron chi connectivity index (χ3n) is 0.594. The smallest absolute Gasteiger partial charge is 0.288 e. The van der Waals surface area contributed by atoms with Gasteiger partial charge in [-0.05, 0) is 0 Å². The van der Waals surface area contributed by atoms with Gasteiger partial charge in [-0.3, -0.25) is 0 Å². The molecule has 0 aliphatic rings. The molecule has 0 fully saturated rings. The summed E-state index contributed by atoms with van der Waals surface area (Å²) < 4.78 is 13.3. The average Bonchev–Trinajstić information content (AvgIpc) is 2.03. The van der Waals surface area contributed by atoms with Gasteiger partial charge in [-0.15, -0.1) is 0 Å². The Bertz CT molecular complexity index is 172. The molecule has 0 spiro atoms. The molecule has 0 aliphatic heterocycles. The molecule has 0 aromatic carbocycles. The SMILES string of the molecule is C.C.N#COCOCOCN=C=O. The number of carbonyl (C=O) groups excluding carboxylic acids is 1. The summed E-state index contributed by atoms with van der Waals surface area (Å²) in [5.74, 6) is 0. The summed E-state index contributed by atoms with van der Waals surface area (Å²) in [6.45, 7) is -0.343. The van der Waals surface area contributed by atoms with Crippen LogP contribution in [0, 0.1) is 11.5 Å². The Labute approximate surface area is 77.7 Å². The quantitative estimate of drug-likeness (QED) is 0.205. The van der Waals surface area contributed by atoms with E-state index in [4.69, 9.17) is 5.26 Å². The van der Waals surface area contributed by atoms with Crippen molar-refractivity contribution in [1.29, 1.82) is 5.26 Å². The molecule has 76 valence electrons. The van der Waals surface area contributed by atoms with E-state index < -0.39 is 0 Å². The van der Waals surface area contributed by atoms with E-state index in [0.29, 0.717) is 0 Å². The lowest BCUT2D eigenvalue weighted by Crippen LogP contribution is -2.02. The maximum absolute atomic E-state index is 9.46. The van der Waals surface area contributed by atoms with Crippen LogP contribution in [0.4, 0.5) is 0 Å². The van der Waals surface area contributed by atoms with E-state index in [1.807, 2.05) is 0 Å². The van der Waals surface area contributed by atoms with Gasteiger partial charge < -0.3 is 14.2 Å². The van der Waals surface area contributed by atoms with Crippen molar-refractivity contribution >= 4 is 6.08 Å². The standard InChI is InChI=1S/C5H6N2O4.2CH4/c6-1-9-4-11-5-10-3-7-2-8;;/h3-5H2;2*1H4. The zero-order valence-electron chi connectivity index (χ0n) is 5.65. The maximum Gasteiger partial charge on any atom is 0.288 e. The number of nitrogens with zero attached hydrogens (tertiary/aromatic N) is 2. The Morgan fingerprint density at radius 1 is 1.23 bits per heavy atom. The molecule has 0 saturated carbocycles. The predicted octanol–water partition coefficient (Wildman–Crippen LogP) is 0.998. The van der Waals surface area contributed by atoms with Crippen molar-refractivity contribution in [2.45, 2.75) is 14.9 Å². The summed E-state index contributed by atoms with van der Waals surface area (Å²) in [7, 11) is 0. The highest BCUT2D eigenvalue weighted by molar-refractivity contribution is 5.32. The number of aliphatic imine (C=N–C) groups is 1. The molecule has 0 aliphatic carbocycles. The van der Waals surface area contributed by atoms with E-state index in [-0.39, 0.29) is 35.2 Å². The first kappa shape index (κ1) is 17.6. The summed E-state index contributed by atoms with van der Waals surface area (Å²) in [5, 5.41) is 7.84. The molecule has 0 heterocycles. The minimum absolute atomic E-state index is 0. The maximum atomic E-state index is 9.46. The van der Waals surface area contributed by atoms with E-state index in [1.54, 1.807) is 0 Å². The Balaban J connectivity index is -0.000000500. The fraction of sp³-hybridized carbons (Fsp3) is 0.714. The lowest BCUT2D eigenvalue weighted by Gasteiger charge is -1.98. The van der Waals surface area contributed by atoms with Crippen LogP contribution in [0.5, 0.6) is 0 Å². The molecule has 0 N–H and O–H groups in total. The summed E-state index contributed by atoms with van der Waals surface area (Å²) in [4.78, 5) is 12.5. The highest BCUT2D eigenvalue weighted by Crippen LogP contribution is 1.79. The van der Waals surface area contributed by atoms with Crippen LogP contribution in [0.25, 0.3) is 0 Å².